The molecule has 1 unspecified atom stereocenters. The number of hydrogen-bond donors (Lipinski definition) is 2. The van der Waals surface area contributed by atoms with Gasteiger partial charge in [-0.25, -0.2) is 4.98 Å². The summed E-state index contributed by atoms with van der Waals surface area (Å²) in [6, 6.07) is 6.28. The van der Waals surface area contributed by atoms with E-state index in [4.69, 9.17) is 5.73 Å². The SMILES string of the molecule is C1CCCCC1.C=CC1CC=NN1CC.CN.Cc1ccc2nc(C(F)(F)F)cc(N)c2c1. The Kier molecular flexibility index (Phi) is 12.5. The Bertz CT molecular complexity index is 865. The minimum Gasteiger partial charge on any atom is -0.398 e. The van der Waals surface area contributed by atoms with Gasteiger partial charge in [0.2, 0.25) is 0 Å². The van der Waals surface area contributed by atoms with E-state index in [1.165, 1.54) is 51.6 Å². The topological polar surface area (TPSA) is 80.5 Å². The van der Waals surface area contributed by atoms with Gasteiger partial charge in [-0.3, -0.25) is 5.01 Å². The van der Waals surface area contributed by atoms with Gasteiger partial charge < -0.3 is 11.5 Å². The normalized spacial score (nSPS) is 17.2. The van der Waals surface area contributed by atoms with Crippen molar-refractivity contribution >= 4 is 22.8 Å². The Hall–Kier alpha value is -2.61. The number of anilines is 1. The van der Waals surface area contributed by atoms with Crippen molar-refractivity contribution in [1.29, 1.82) is 0 Å². The van der Waals surface area contributed by atoms with Crippen molar-refractivity contribution < 1.29 is 13.2 Å². The highest BCUT2D eigenvalue weighted by Gasteiger charge is 2.33. The third-order valence-electron chi connectivity index (χ3n) is 5.34. The molecule has 1 aliphatic heterocycles. The second-order valence-electron chi connectivity index (χ2n) is 7.83. The largest absolute Gasteiger partial charge is 0.433 e. The number of pyridine rings is 1. The van der Waals surface area contributed by atoms with E-state index >= 15 is 0 Å². The molecule has 1 aliphatic carbocycles. The fourth-order valence-corrected chi connectivity index (χ4v) is 3.57. The summed E-state index contributed by atoms with van der Waals surface area (Å²) < 4.78 is 37.4. The molecule has 0 spiro atoms. The number of hydrazone groups is 1. The van der Waals surface area contributed by atoms with Gasteiger partial charge in [0.1, 0.15) is 5.69 Å². The monoisotopic (exact) mass is 465 g/mol. The fraction of sp³-hybridized carbons (Fsp3) is 0.520. The van der Waals surface area contributed by atoms with Gasteiger partial charge in [-0.1, -0.05) is 56.2 Å². The van der Waals surface area contributed by atoms with E-state index in [0.29, 0.717) is 11.4 Å². The number of fused-ring (bicyclic) bond motifs is 1. The molecule has 2 aliphatic rings. The van der Waals surface area contributed by atoms with E-state index < -0.39 is 11.9 Å². The van der Waals surface area contributed by atoms with Gasteiger partial charge in [-0.05, 0) is 39.1 Å². The molecule has 0 bridgehead atoms. The summed E-state index contributed by atoms with van der Waals surface area (Å²) >= 11 is 0. The molecule has 4 N–H and O–H groups in total. The van der Waals surface area contributed by atoms with Crippen LogP contribution in [0, 0.1) is 6.92 Å². The summed E-state index contributed by atoms with van der Waals surface area (Å²) in [6.07, 6.45) is 9.44. The van der Waals surface area contributed by atoms with Crippen LogP contribution in [-0.2, 0) is 6.18 Å². The van der Waals surface area contributed by atoms with Crippen LogP contribution in [0.3, 0.4) is 0 Å². The van der Waals surface area contributed by atoms with Crippen molar-refractivity contribution in [3.05, 3.63) is 48.2 Å². The Morgan fingerprint density at radius 3 is 2.12 bits per heavy atom. The average molecular weight is 466 g/mol. The molecular formula is C25H38F3N5. The van der Waals surface area contributed by atoms with Crippen LogP contribution in [0.2, 0.25) is 0 Å². The molecule has 4 rings (SSSR count). The number of hydrogen-bond acceptors (Lipinski definition) is 5. The third kappa shape index (κ3) is 9.42. The first-order chi connectivity index (χ1) is 15.8. The standard InChI is InChI=1S/C11H9F3N2.C7H12N2.C6H12.CH5N/c1-6-2-3-9-7(4-6)8(15)5-10(16-9)11(12,13)14;1-3-7-5-6-8-9(7)4-2;1-2-4-6-5-3-1;1-2/h2-5H,1H3,(H2,15,16);3,6-7H,1,4-5H2,2H3;1-6H2;2H2,1H3. The van der Waals surface area contributed by atoms with Crippen molar-refractivity contribution in [2.24, 2.45) is 10.8 Å². The van der Waals surface area contributed by atoms with E-state index in [1.54, 1.807) is 12.1 Å². The van der Waals surface area contributed by atoms with E-state index in [2.05, 4.69) is 29.3 Å². The molecule has 5 nitrogen and oxygen atoms in total. The van der Waals surface area contributed by atoms with E-state index in [1.807, 2.05) is 24.2 Å². The molecule has 184 valence electrons. The van der Waals surface area contributed by atoms with Gasteiger partial charge in [0.15, 0.2) is 0 Å². The molecule has 8 heteroatoms. The molecule has 0 amide bonds. The molecule has 1 saturated carbocycles. The maximum absolute atomic E-state index is 12.5. The zero-order valence-corrected chi connectivity index (χ0v) is 20.0. The van der Waals surface area contributed by atoms with Crippen LogP contribution < -0.4 is 11.5 Å². The third-order valence-corrected chi connectivity index (χ3v) is 5.34. The van der Waals surface area contributed by atoms with E-state index in [9.17, 15) is 13.2 Å². The van der Waals surface area contributed by atoms with Crippen molar-refractivity contribution in [1.82, 2.24) is 9.99 Å². The van der Waals surface area contributed by atoms with Crippen LogP contribution in [0.5, 0.6) is 0 Å². The van der Waals surface area contributed by atoms with Crippen molar-refractivity contribution in [3.8, 4) is 0 Å². The van der Waals surface area contributed by atoms with Crippen LogP contribution >= 0.6 is 0 Å². The van der Waals surface area contributed by atoms with E-state index in [-0.39, 0.29) is 11.2 Å². The van der Waals surface area contributed by atoms with Crippen LogP contribution in [0.15, 0.2) is 42.0 Å². The lowest BCUT2D eigenvalue weighted by molar-refractivity contribution is -0.140. The molecule has 0 radical (unpaired) electrons. The number of aryl methyl sites for hydroxylation is 1. The Labute approximate surface area is 195 Å². The number of likely N-dealkylation sites (N-methyl/N-ethyl adjacent to an activating group) is 1. The quantitative estimate of drug-likeness (QED) is 0.509. The average Bonchev–Trinajstić information content (AvgIpc) is 3.30. The number of rotatable bonds is 2. The van der Waals surface area contributed by atoms with Gasteiger partial charge >= 0.3 is 6.18 Å². The van der Waals surface area contributed by atoms with Gasteiger partial charge in [-0.2, -0.15) is 18.3 Å². The predicted octanol–water partition coefficient (Wildman–Crippen LogP) is 6.31. The van der Waals surface area contributed by atoms with Gasteiger partial charge in [0, 0.05) is 30.3 Å². The Balaban J connectivity index is 0.000000269. The first kappa shape index (κ1) is 28.4. The molecular weight excluding hydrogens is 427 g/mol. The molecule has 33 heavy (non-hydrogen) atoms. The number of benzene rings is 1. The fourth-order valence-electron chi connectivity index (χ4n) is 3.57. The number of alkyl halides is 3. The lowest BCUT2D eigenvalue weighted by Crippen LogP contribution is -2.23. The number of halogens is 3. The lowest BCUT2D eigenvalue weighted by Gasteiger charge is -2.17. The van der Waals surface area contributed by atoms with Crippen molar-refractivity contribution in [2.75, 3.05) is 19.3 Å². The van der Waals surface area contributed by atoms with Crippen molar-refractivity contribution in [2.45, 2.75) is 71.0 Å². The summed E-state index contributed by atoms with van der Waals surface area (Å²) in [4.78, 5) is 3.54. The summed E-state index contributed by atoms with van der Waals surface area (Å²) in [6.45, 7) is 8.64. The number of aromatic nitrogens is 1. The van der Waals surface area contributed by atoms with E-state index in [0.717, 1.165) is 24.6 Å². The Morgan fingerprint density at radius 2 is 1.67 bits per heavy atom. The van der Waals surface area contributed by atoms with Gasteiger partial charge in [0.25, 0.3) is 0 Å². The molecule has 1 aromatic carbocycles. The zero-order valence-electron chi connectivity index (χ0n) is 20.0. The Morgan fingerprint density at radius 1 is 1.09 bits per heavy atom. The maximum atomic E-state index is 12.5. The molecule has 2 heterocycles. The second kappa shape index (κ2) is 14.5. The highest BCUT2D eigenvalue weighted by molar-refractivity contribution is 5.90. The molecule has 1 fully saturated rings. The van der Waals surface area contributed by atoms with Crippen LogP contribution in [0.25, 0.3) is 10.9 Å². The minimum atomic E-state index is -4.47. The lowest BCUT2D eigenvalue weighted by atomic mass is 10.0. The number of nitrogens with zero attached hydrogens (tertiary/aromatic N) is 3. The molecule has 2 aromatic rings. The second-order valence-corrected chi connectivity index (χ2v) is 7.83. The van der Waals surface area contributed by atoms with Crippen LogP contribution in [0.4, 0.5) is 18.9 Å². The smallest absolute Gasteiger partial charge is 0.398 e. The van der Waals surface area contributed by atoms with Crippen molar-refractivity contribution in [3.63, 3.8) is 0 Å². The first-order valence-electron chi connectivity index (χ1n) is 11.5. The first-order valence-corrected chi connectivity index (χ1v) is 11.5. The van der Waals surface area contributed by atoms with Crippen LogP contribution in [0.1, 0.15) is 63.1 Å². The molecule has 1 atom stereocenters. The van der Waals surface area contributed by atoms with Crippen LogP contribution in [-0.4, -0.2) is 35.8 Å². The highest BCUT2D eigenvalue weighted by Crippen LogP contribution is 2.32. The zero-order chi connectivity index (χ0) is 24.9. The predicted molar refractivity (Wildman–Crippen MR) is 133 cm³/mol. The van der Waals surface area contributed by atoms with Gasteiger partial charge in [0.05, 0.1) is 11.6 Å². The number of nitrogen functional groups attached to an aromatic ring is 1. The minimum absolute atomic E-state index is 0.0982. The molecule has 1 aromatic heterocycles. The molecule has 0 saturated heterocycles. The number of nitrogens with two attached hydrogens (primary N) is 2. The van der Waals surface area contributed by atoms with Gasteiger partial charge in [-0.15, -0.1) is 6.58 Å². The summed E-state index contributed by atoms with van der Waals surface area (Å²) in [5.74, 6) is 0. The summed E-state index contributed by atoms with van der Waals surface area (Å²) in [5.41, 5.74) is 10.4. The summed E-state index contributed by atoms with van der Waals surface area (Å²) in [5, 5.41) is 6.73. The highest BCUT2D eigenvalue weighted by atomic mass is 19.4. The summed E-state index contributed by atoms with van der Waals surface area (Å²) in [7, 11) is 1.50. The maximum Gasteiger partial charge on any atom is 0.433 e.